The number of hydrogen-bond acceptors (Lipinski definition) is 9. The van der Waals surface area contributed by atoms with Crippen LogP contribution in [0.4, 0.5) is 20.4 Å². The molecule has 3 atom stereocenters. The number of nitrogens with zero attached hydrogens (tertiary/aromatic N) is 3. The van der Waals surface area contributed by atoms with Crippen molar-refractivity contribution in [1.82, 2.24) is 15.0 Å². The molecule has 5 rings (SSSR count). The second-order valence-electron chi connectivity index (χ2n) is 10.1. The van der Waals surface area contributed by atoms with Gasteiger partial charge in [0.1, 0.15) is 23.1 Å². The summed E-state index contributed by atoms with van der Waals surface area (Å²) in [6, 6.07) is 2.63. The molecular weight excluding hydrogens is 579 g/mol. The fourth-order valence-electron chi connectivity index (χ4n) is 5.17. The molecule has 2 aliphatic rings. The maximum absolute atomic E-state index is 14.1. The standard InChI is InChI=1S/C28H29Cl2F2N5O4/c1-4-16(38)7-14-12-41-13-19(14)35-22-8-17-18(11-33-22)36-27(37-26(17)34-15-5-6-28(31,32)10-15)23-24(29)20(39-2)9-21(40-3)25(23)30/h4,8-9,11,14-15,19H,1,5-7,10,12-13H2,2-3H3,(H,33,35)(H,34,36,37)/t14-,15?,19+/m0/s1. The van der Waals surface area contributed by atoms with Crippen LogP contribution in [-0.4, -0.2) is 66.2 Å². The second-order valence-corrected chi connectivity index (χ2v) is 10.9. The zero-order valence-corrected chi connectivity index (χ0v) is 24.0. The Morgan fingerprint density at radius 2 is 1.90 bits per heavy atom. The van der Waals surface area contributed by atoms with Crippen molar-refractivity contribution < 1.29 is 27.8 Å². The van der Waals surface area contributed by atoms with Gasteiger partial charge in [0, 0.05) is 42.7 Å². The smallest absolute Gasteiger partial charge is 0.250 e. The first-order chi connectivity index (χ1) is 19.6. The number of alkyl halides is 2. The van der Waals surface area contributed by atoms with Gasteiger partial charge in [-0.2, -0.15) is 0 Å². The van der Waals surface area contributed by atoms with Crippen molar-refractivity contribution in [2.75, 3.05) is 38.1 Å². The maximum Gasteiger partial charge on any atom is 0.250 e. The molecule has 218 valence electrons. The van der Waals surface area contributed by atoms with Gasteiger partial charge in [0.2, 0.25) is 5.92 Å². The molecule has 1 aromatic carbocycles. The molecule has 2 aromatic heterocycles. The molecule has 3 aromatic rings. The molecule has 13 heteroatoms. The predicted octanol–water partition coefficient (Wildman–Crippen LogP) is 6.19. The molecule has 41 heavy (non-hydrogen) atoms. The van der Waals surface area contributed by atoms with E-state index in [1.54, 1.807) is 18.3 Å². The van der Waals surface area contributed by atoms with Crippen LogP contribution in [-0.2, 0) is 9.53 Å². The normalized spacial score (nSPS) is 21.6. The summed E-state index contributed by atoms with van der Waals surface area (Å²) in [5, 5.41) is 7.43. The number of rotatable bonds is 10. The molecule has 1 unspecified atom stereocenters. The number of benzene rings is 1. The van der Waals surface area contributed by atoms with Gasteiger partial charge in [-0.15, -0.1) is 0 Å². The summed E-state index contributed by atoms with van der Waals surface area (Å²) in [5.41, 5.74) is 0.703. The molecule has 1 saturated heterocycles. The number of carbonyl (C=O) groups is 1. The lowest BCUT2D eigenvalue weighted by Crippen LogP contribution is -2.29. The summed E-state index contributed by atoms with van der Waals surface area (Å²) in [6.45, 7) is 4.38. The predicted molar refractivity (Wildman–Crippen MR) is 154 cm³/mol. The summed E-state index contributed by atoms with van der Waals surface area (Å²) in [7, 11) is 2.91. The Morgan fingerprint density at radius 3 is 2.54 bits per heavy atom. The molecule has 1 aliphatic carbocycles. The molecular formula is C28H29Cl2F2N5O4. The number of nitrogens with one attached hydrogen (secondary N) is 2. The van der Waals surface area contributed by atoms with Crippen LogP contribution >= 0.6 is 23.2 Å². The van der Waals surface area contributed by atoms with Crippen LogP contribution in [0.15, 0.2) is 31.0 Å². The van der Waals surface area contributed by atoms with Gasteiger partial charge in [-0.3, -0.25) is 4.79 Å². The molecule has 0 bridgehead atoms. The Bertz CT molecular complexity index is 1460. The molecule has 9 nitrogen and oxygen atoms in total. The van der Waals surface area contributed by atoms with E-state index in [9.17, 15) is 13.6 Å². The highest BCUT2D eigenvalue weighted by atomic mass is 35.5. The molecule has 0 radical (unpaired) electrons. The van der Waals surface area contributed by atoms with Gasteiger partial charge in [0.15, 0.2) is 11.6 Å². The summed E-state index contributed by atoms with van der Waals surface area (Å²) in [5.74, 6) is -1.30. The molecule has 0 amide bonds. The van der Waals surface area contributed by atoms with Gasteiger partial charge in [-0.25, -0.2) is 23.7 Å². The molecule has 0 spiro atoms. The van der Waals surface area contributed by atoms with E-state index < -0.39 is 12.0 Å². The van der Waals surface area contributed by atoms with Gasteiger partial charge in [-0.1, -0.05) is 29.8 Å². The Morgan fingerprint density at radius 1 is 1.17 bits per heavy atom. The minimum absolute atomic E-state index is 0.0535. The van der Waals surface area contributed by atoms with Gasteiger partial charge in [-0.05, 0) is 18.6 Å². The third-order valence-electron chi connectivity index (χ3n) is 7.35. The molecule has 1 aliphatic heterocycles. The highest BCUT2D eigenvalue weighted by molar-refractivity contribution is 6.41. The SMILES string of the molecule is C=CC(=O)C[C@H]1COC[C@H]1Nc1cc2c(NC3CCC(F)(F)C3)nc(-c3c(Cl)c(OC)cc(OC)c3Cl)nc2cn1. The monoisotopic (exact) mass is 607 g/mol. The van der Waals surface area contributed by atoms with E-state index in [2.05, 4.69) is 27.2 Å². The van der Waals surface area contributed by atoms with Crippen LogP contribution in [0.25, 0.3) is 22.3 Å². The first-order valence-electron chi connectivity index (χ1n) is 13.0. The van der Waals surface area contributed by atoms with Crippen LogP contribution in [0.3, 0.4) is 0 Å². The Kier molecular flexibility index (Phi) is 8.49. The van der Waals surface area contributed by atoms with Crippen LogP contribution in [0.2, 0.25) is 10.0 Å². The van der Waals surface area contributed by atoms with E-state index in [-0.39, 0.29) is 58.4 Å². The lowest BCUT2D eigenvalue weighted by Gasteiger charge is -2.20. The summed E-state index contributed by atoms with van der Waals surface area (Å²) < 4.78 is 44.5. The Balaban J connectivity index is 1.57. The minimum Gasteiger partial charge on any atom is -0.495 e. The highest BCUT2D eigenvalue weighted by Crippen LogP contribution is 2.46. The van der Waals surface area contributed by atoms with Crippen LogP contribution in [0, 0.1) is 5.92 Å². The van der Waals surface area contributed by atoms with Crippen LogP contribution < -0.4 is 20.1 Å². The number of aromatic nitrogens is 3. The lowest BCUT2D eigenvalue weighted by atomic mass is 9.97. The number of methoxy groups -OCH3 is 2. The van der Waals surface area contributed by atoms with Crippen molar-refractivity contribution in [2.45, 2.75) is 43.7 Å². The van der Waals surface area contributed by atoms with Crippen LogP contribution in [0.5, 0.6) is 11.5 Å². The molecule has 2 fully saturated rings. The van der Waals surface area contributed by atoms with Crippen molar-refractivity contribution in [3.8, 4) is 22.9 Å². The number of ketones is 1. The van der Waals surface area contributed by atoms with Gasteiger partial charge < -0.3 is 24.8 Å². The zero-order valence-electron chi connectivity index (χ0n) is 22.5. The average molecular weight is 608 g/mol. The molecule has 1 saturated carbocycles. The Hall–Kier alpha value is -3.28. The highest BCUT2D eigenvalue weighted by Gasteiger charge is 2.40. The van der Waals surface area contributed by atoms with Crippen molar-refractivity contribution in [2.24, 2.45) is 5.92 Å². The fraction of sp³-hybridized carbons (Fsp3) is 0.429. The fourth-order valence-corrected chi connectivity index (χ4v) is 5.84. The second kappa shape index (κ2) is 11.9. The third-order valence-corrected chi connectivity index (χ3v) is 8.10. The van der Waals surface area contributed by atoms with E-state index >= 15 is 0 Å². The number of halogens is 4. The van der Waals surface area contributed by atoms with Crippen molar-refractivity contribution in [1.29, 1.82) is 0 Å². The van der Waals surface area contributed by atoms with Gasteiger partial charge in [0.05, 0.1) is 60.8 Å². The van der Waals surface area contributed by atoms with Gasteiger partial charge in [0.25, 0.3) is 0 Å². The Labute approximate surface area is 245 Å². The summed E-state index contributed by atoms with van der Waals surface area (Å²) >= 11 is 13.3. The number of fused-ring (bicyclic) bond motifs is 1. The first kappa shape index (κ1) is 29.2. The number of ether oxygens (including phenoxy) is 3. The average Bonchev–Trinajstić information content (AvgIpc) is 3.53. The van der Waals surface area contributed by atoms with E-state index in [0.717, 1.165) is 0 Å². The third kappa shape index (κ3) is 6.17. The lowest BCUT2D eigenvalue weighted by molar-refractivity contribution is -0.115. The van der Waals surface area contributed by atoms with E-state index in [0.29, 0.717) is 53.7 Å². The van der Waals surface area contributed by atoms with E-state index in [4.69, 9.17) is 42.4 Å². The summed E-state index contributed by atoms with van der Waals surface area (Å²) in [4.78, 5) is 25.8. The number of pyridine rings is 1. The van der Waals surface area contributed by atoms with E-state index in [1.807, 2.05) is 0 Å². The molecule has 2 N–H and O–H groups in total. The van der Waals surface area contributed by atoms with Gasteiger partial charge >= 0.3 is 0 Å². The van der Waals surface area contributed by atoms with Crippen molar-refractivity contribution >= 4 is 51.5 Å². The maximum atomic E-state index is 14.1. The number of hydrogen-bond donors (Lipinski definition) is 2. The first-order valence-corrected chi connectivity index (χ1v) is 13.8. The number of anilines is 2. The quantitative estimate of drug-likeness (QED) is 0.261. The van der Waals surface area contributed by atoms with E-state index in [1.165, 1.54) is 20.3 Å². The van der Waals surface area contributed by atoms with Crippen molar-refractivity contribution in [3.05, 3.63) is 41.0 Å². The number of allylic oxidation sites excluding steroid dienone is 1. The van der Waals surface area contributed by atoms with Crippen molar-refractivity contribution in [3.63, 3.8) is 0 Å². The number of carbonyl (C=O) groups excluding carboxylic acids is 1. The molecule has 3 heterocycles. The minimum atomic E-state index is -2.76. The van der Waals surface area contributed by atoms with Crippen LogP contribution in [0.1, 0.15) is 25.7 Å². The summed E-state index contributed by atoms with van der Waals surface area (Å²) in [6.07, 6.45) is 2.89. The largest absolute Gasteiger partial charge is 0.495 e. The zero-order chi connectivity index (χ0) is 29.3. The topological polar surface area (TPSA) is 107 Å².